The van der Waals surface area contributed by atoms with Gasteiger partial charge in [-0.15, -0.1) is 0 Å². The molecule has 90 valence electrons. The van der Waals surface area contributed by atoms with Crippen LogP contribution in [0, 0.1) is 11.8 Å². The highest BCUT2D eigenvalue weighted by molar-refractivity contribution is 5.78. The van der Waals surface area contributed by atoms with E-state index < -0.39 is 0 Å². The number of carbonyl (C=O) groups is 1. The summed E-state index contributed by atoms with van der Waals surface area (Å²) in [6.07, 6.45) is 3.39. The van der Waals surface area contributed by atoms with Gasteiger partial charge in [0.05, 0.1) is 6.61 Å². The highest BCUT2D eigenvalue weighted by atomic mass is 16.5. The molecule has 0 bridgehead atoms. The number of hydrogen-bond acceptors (Lipinski definition) is 2. The van der Waals surface area contributed by atoms with Crippen LogP contribution in [0.25, 0.3) is 0 Å². The van der Waals surface area contributed by atoms with Crippen LogP contribution in [-0.4, -0.2) is 19.0 Å². The Balaban J connectivity index is 3.24. The van der Waals surface area contributed by atoms with E-state index in [0.29, 0.717) is 37.1 Å². The molecule has 0 aliphatic rings. The van der Waals surface area contributed by atoms with Crippen LogP contribution in [0.5, 0.6) is 0 Å². The summed E-state index contributed by atoms with van der Waals surface area (Å²) >= 11 is 0. The summed E-state index contributed by atoms with van der Waals surface area (Å²) < 4.78 is 5.40. The molecule has 0 N–H and O–H groups in total. The highest BCUT2D eigenvalue weighted by Gasteiger charge is 2.03. The average molecular weight is 214 g/mol. The van der Waals surface area contributed by atoms with Crippen LogP contribution in [0.2, 0.25) is 0 Å². The largest absolute Gasteiger partial charge is 0.381 e. The van der Waals surface area contributed by atoms with Crippen molar-refractivity contribution in [3.63, 3.8) is 0 Å². The fourth-order valence-corrected chi connectivity index (χ4v) is 1.18. The van der Waals surface area contributed by atoms with Crippen molar-refractivity contribution in [3.05, 3.63) is 0 Å². The standard InChI is InChI=1S/C13H26O2/c1-11(2)5-6-13(14)8-10-15-9-7-12(3)4/h11-12H,5-10H2,1-4H3. The summed E-state index contributed by atoms with van der Waals surface area (Å²) in [5, 5.41) is 0. The second-order valence-electron chi connectivity index (χ2n) is 5.02. The van der Waals surface area contributed by atoms with E-state index in [4.69, 9.17) is 4.74 Å². The summed E-state index contributed by atoms with van der Waals surface area (Å²) in [5.74, 6) is 1.64. The number of Topliss-reactive ketones (excluding diaryl/α,β-unsaturated/α-hetero) is 1. The Morgan fingerprint density at radius 3 is 2.07 bits per heavy atom. The van der Waals surface area contributed by atoms with E-state index >= 15 is 0 Å². The van der Waals surface area contributed by atoms with Crippen LogP contribution in [0.15, 0.2) is 0 Å². The van der Waals surface area contributed by atoms with Crippen molar-refractivity contribution in [1.82, 2.24) is 0 Å². The van der Waals surface area contributed by atoms with E-state index in [2.05, 4.69) is 27.7 Å². The van der Waals surface area contributed by atoms with E-state index in [-0.39, 0.29) is 0 Å². The normalized spacial score (nSPS) is 11.3. The highest BCUT2D eigenvalue weighted by Crippen LogP contribution is 2.06. The quantitative estimate of drug-likeness (QED) is 0.550. The number of ketones is 1. The van der Waals surface area contributed by atoms with Crippen LogP contribution in [0.3, 0.4) is 0 Å². The van der Waals surface area contributed by atoms with Gasteiger partial charge in [-0.25, -0.2) is 0 Å². The molecule has 0 spiro atoms. The van der Waals surface area contributed by atoms with Crippen LogP contribution < -0.4 is 0 Å². The smallest absolute Gasteiger partial charge is 0.135 e. The Labute approximate surface area is 94.4 Å². The van der Waals surface area contributed by atoms with Crippen LogP contribution in [0.1, 0.15) is 53.4 Å². The second-order valence-corrected chi connectivity index (χ2v) is 5.02. The fourth-order valence-electron chi connectivity index (χ4n) is 1.18. The maximum atomic E-state index is 11.4. The van der Waals surface area contributed by atoms with Gasteiger partial charge < -0.3 is 4.74 Å². The first-order valence-electron chi connectivity index (χ1n) is 6.11. The molecule has 0 aromatic heterocycles. The lowest BCUT2D eigenvalue weighted by atomic mass is 10.0. The summed E-state index contributed by atoms with van der Waals surface area (Å²) in [4.78, 5) is 11.4. The maximum Gasteiger partial charge on any atom is 0.135 e. The molecule has 0 amide bonds. The molecule has 0 aliphatic heterocycles. The number of hydrogen-bond donors (Lipinski definition) is 0. The molecule has 2 heteroatoms. The van der Waals surface area contributed by atoms with Crippen LogP contribution in [-0.2, 0) is 9.53 Å². The van der Waals surface area contributed by atoms with Gasteiger partial charge in [0.15, 0.2) is 0 Å². The predicted molar refractivity (Wildman–Crippen MR) is 64.0 cm³/mol. The van der Waals surface area contributed by atoms with Gasteiger partial charge >= 0.3 is 0 Å². The van der Waals surface area contributed by atoms with Crippen LogP contribution >= 0.6 is 0 Å². The van der Waals surface area contributed by atoms with Crippen molar-refractivity contribution in [2.24, 2.45) is 11.8 Å². The topological polar surface area (TPSA) is 26.3 Å². The van der Waals surface area contributed by atoms with Gasteiger partial charge in [-0.2, -0.15) is 0 Å². The lowest BCUT2D eigenvalue weighted by molar-refractivity contribution is -0.120. The van der Waals surface area contributed by atoms with Crippen molar-refractivity contribution in [3.8, 4) is 0 Å². The zero-order chi connectivity index (χ0) is 11.7. The molecular formula is C13H26O2. The average Bonchev–Trinajstić information content (AvgIpc) is 2.13. The third kappa shape index (κ3) is 11.6. The Morgan fingerprint density at radius 2 is 1.53 bits per heavy atom. The molecular weight excluding hydrogens is 188 g/mol. The van der Waals surface area contributed by atoms with Crippen molar-refractivity contribution in [1.29, 1.82) is 0 Å². The number of rotatable bonds is 9. The van der Waals surface area contributed by atoms with Crippen molar-refractivity contribution in [2.45, 2.75) is 53.4 Å². The van der Waals surface area contributed by atoms with Gasteiger partial charge in [0.2, 0.25) is 0 Å². The molecule has 15 heavy (non-hydrogen) atoms. The summed E-state index contributed by atoms with van der Waals surface area (Å²) in [5.41, 5.74) is 0. The minimum atomic E-state index is 0.341. The summed E-state index contributed by atoms with van der Waals surface area (Å²) in [6, 6.07) is 0. The maximum absolute atomic E-state index is 11.4. The molecule has 2 nitrogen and oxygen atoms in total. The SMILES string of the molecule is CC(C)CCOCCC(=O)CCC(C)C. The molecule has 0 aliphatic carbocycles. The first kappa shape index (κ1) is 14.6. The molecule has 0 aromatic carbocycles. The third-order valence-corrected chi connectivity index (χ3v) is 2.37. The van der Waals surface area contributed by atoms with E-state index in [1.807, 2.05) is 0 Å². The Kier molecular flexibility index (Phi) is 8.68. The fraction of sp³-hybridized carbons (Fsp3) is 0.923. The van der Waals surface area contributed by atoms with E-state index in [1.54, 1.807) is 0 Å². The third-order valence-electron chi connectivity index (χ3n) is 2.37. The summed E-state index contributed by atoms with van der Waals surface area (Å²) in [6.45, 7) is 10.0. The second kappa shape index (κ2) is 8.90. The van der Waals surface area contributed by atoms with Crippen molar-refractivity contribution >= 4 is 5.78 Å². The Hall–Kier alpha value is -0.370. The van der Waals surface area contributed by atoms with E-state index in [0.717, 1.165) is 19.4 Å². The summed E-state index contributed by atoms with van der Waals surface area (Å²) in [7, 11) is 0. The minimum Gasteiger partial charge on any atom is -0.381 e. The van der Waals surface area contributed by atoms with Gasteiger partial charge in [-0.1, -0.05) is 27.7 Å². The lowest BCUT2D eigenvalue weighted by Crippen LogP contribution is -2.07. The molecule has 0 rings (SSSR count). The predicted octanol–water partition coefficient (Wildman–Crippen LogP) is 3.44. The zero-order valence-electron chi connectivity index (χ0n) is 10.7. The van der Waals surface area contributed by atoms with E-state index in [9.17, 15) is 4.79 Å². The zero-order valence-corrected chi connectivity index (χ0v) is 10.7. The molecule has 0 saturated carbocycles. The van der Waals surface area contributed by atoms with E-state index in [1.165, 1.54) is 0 Å². The molecule has 0 fully saturated rings. The molecule has 0 saturated heterocycles. The Bertz CT molecular complexity index is 162. The monoisotopic (exact) mass is 214 g/mol. The van der Waals surface area contributed by atoms with Crippen molar-refractivity contribution < 1.29 is 9.53 Å². The van der Waals surface area contributed by atoms with Gasteiger partial charge in [0, 0.05) is 19.4 Å². The van der Waals surface area contributed by atoms with Crippen molar-refractivity contribution in [2.75, 3.05) is 13.2 Å². The first-order chi connectivity index (χ1) is 7.02. The minimum absolute atomic E-state index is 0.341. The van der Waals surface area contributed by atoms with Crippen LogP contribution in [0.4, 0.5) is 0 Å². The van der Waals surface area contributed by atoms with Gasteiger partial charge in [0.25, 0.3) is 0 Å². The number of carbonyl (C=O) groups excluding carboxylic acids is 1. The molecule has 0 atom stereocenters. The molecule has 0 unspecified atom stereocenters. The van der Waals surface area contributed by atoms with Gasteiger partial charge in [-0.05, 0) is 24.7 Å². The molecule has 0 radical (unpaired) electrons. The first-order valence-corrected chi connectivity index (χ1v) is 6.11. The molecule has 0 aromatic rings. The molecule has 0 heterocycles. The van der Waals surface area contributed by atoms with Gasteiger partial charge in [-0.3, -0.25) is 4.79 Å². The Morgan fingerprint density at radius 1 is 0.933 bits per heavy atom. The lowest BCUT2D eigenvalue weighted by Gasteiger charge is -2.06. The number of ether oxygens (including phenoxy) is 1. The van der Waals surface area contributed by atoms with Gasteiger partial charge in [0.1, 0.15) is 5.78 Å².